The lowest BCUT2D eigenvalue weighted by atomic mass is 10.3. The average Bonchev–Trinajstić information content (AvgIpc) is 2.22. The van der Waals surface area contributed by atoms with E-state index in [0.717, 1.165) is 4.90 Å². The second-order valence-corrected chi connectivity index (χ2v) is 2.97. The summed E-state index contributed by atoms with van der Waals surface area (Å²) >= 11 is 0. The summed E-state index contributed by atoms with van der Waals surface area (Å²) in [7, 11) is 1.41. The Morgan fingerprint density at radius 1 is 1.40 bits per heavy atom. The Labute approximate surface area is 86.4 Å². The number of benzene rings is 1. The standard InChI is InChI=1S/C9H12N2O4/c1-11(5-12)9(15)10-6-2-3-7(13)8(14)4-6/h2-4,12-14H,5H2,1H3,(H,10,15). The van der Waals surface area contributed by atoms with Gasteiger partial charge in [-0.3, -0.25) is 0 Å². The van der Waals surface area contributed by atoms with E-state index >= 15 is 0 Å². The van der Waals surface area contributed by atoms with E-state index in [1.54, 1.807) is 0 Å². The minimum Gasteiger partial charge on any atom is -0.504 e. The van der Waals surface area contributed by atoms with Crippen LogP contribution in [0.25, 0.3) is 0 Å². The van der Waals surface area contributed by atoms with Gasteiger partial charge in [-0.15, -0.1) is 0 Å². The van der Waals surface area contributed by atoms with Crippen LogP contribution in [0.5, 0.6) is 11.5 Å². The third kappa shape index (κ3) is 2.75. The molecule has 0 bridgehead atoms. The number of aliphatic hydroxyl groups excluding tert-OH is 1. The molecular weight excluding hydrogens is 200 g/mol. The van der Waals surface area contributed by atoms with Gasteiger partial charge in [0.1, 0.15) is 6.73 Å². The van der Waals surface area contributed by atoms with E-state index in [1.165, 1.54) is 25.2 Å². The predicted molar refractivity (Wildman–Crippen MR) is 53.6 cm³/mol. The van der Waals surface area contributed by atoms with Crippen LogP contribution in [0.15, 0.2) is 18.2 Å². The van der Waals surface area contributed by atoms with Crippen molar-refractivity contribution in [2.75, 3.05) is 19.1 Å². The molecule has 0 heterocycles. The Kier molecular flexibility index (Phi) is 3.35. The Morgan fingerprint density at radius 3 is 2.60 bits per heavy atom. The van der Waals surface area contributed by atoms with Gasteiger partial charge in [-0.1, -0.05) is 0 Å². The lowest BCUT2D eigenvalue weighted by Gasteiger charge is -2.14. The summed E-state index contributed by atoms with van der Waals surface area (Å²) in [5, 5.41) is 29.2. The maximum absolute atomic E-state index is 11.3. The fraction of sp³-hybridized carbons (Fsp3) is 0.222. The number of nitrogens with one attached hydrogen (secondary N) is 1. The van der Waals surface area contributed by atoms with E-state index in [0.29, 0.717) is 5.69 Å². The fourth-order valence-corrected chi connectivity index (χ4v) is 0.884. The molecule has 4 N–H and O–H groups in total. The summed E-state index contributed by atoms with van der Waals surface area (Å²) in [6.45, 7) is -0.407. The molecule has 6 nitrogen and oxygen atoms in total. The molecule has 1 aromatic rings. The molecule has 1 rings (SSSR count). The number of aliphatic hydroxyl groups is 1. The maximum atomic E-state index is 11.3. The van der Waals surface area contributed by atoms with Gasteiger partial charge < -0.3 is 25.5 Å². The Balaban J connectivity index is 2.73. The van der Waals surface area contributed by atoms with Crippen LogP contribution in [0.3, 0.4) is 0 Å². The molecule has 0 aliphatic carbocycles. The summed E-state index contributed by atoms with van der Waals surface area (Å²) in [4.78, 5) is 12.3. The smallest absolute Gasteiger partial charge is 0.323 e. The number of carbonyl (C=O) groups is 1. The van der Waals surface area contributed by atoms with E-state index in [4.69, 9.17) is 15.3 Å². The Hall–Kier alpha value is -1.95. The number of anilines is 1. The van der Waals surface area contributed by atoms with E-state index < -0.39 is 12.8 Å². The van der Waals surface area contributed by atoms with Crippen LogP contribution in [-0.4, -0.2) is 40.0 Å². The molecule has 1 aromatic carbocycles. The van der Waals surface area contributed by atoms with Crippen LogP contribution in [0.2, 0.25) is 0 Å². The van der Waals surface area contributed by atoms with Gasteiger partial charge in [0.15, 0.2) is 11.5 Å². The molecule has 0 aliphatic heterocycles. The zero-order valence-corrected chi connectivity index (χ0v) is 8.14. The number of aromatic hydroxyl groups is 2. The minimum atomic E-state index is -0.511. The van der Waals surface area contributed by atoms with Crippen molar-refractivity contribution in [2.24, 2.45) is 0 Å². The van der Waals surface area contributed by atoms with Gasteiger partial charge in [-0.05, 0) is 12.1 Å². The average molecular weight is 212 g/mol. The zero-order chi connectivity index (χ0) is 11.4. The number of amides is 2. The van der Waals surface area contributed by atoms with Gasteiger partial charge >= 0.3 is 6.03 Å². The SMILES string of the molecule is CN(CO)C(=O)Nc1ccc(O)c(O)c1. The lowest BCUT2D eigenvalue weighted by Crippen LogP contribution is -2.31. The maximum Gasteiger partial charge on any atom is 0.323 e. The van der Waals surface area contributed by atoms with E-state index in [-0.39, 0.29) is 11.5 Å². The summed E-state index contributed by atoms with van der Waals surface area (Å²) in [6, 6.07) is 3.38. The molecule has 0 atom stereocenters. The van der Waals surface area contributed by atoms with Crippen molar-refractivity contribution < 1.29 is 20.1 Å². The van der Waals surface area contributed by atoms with E-state index in [2.05, 4.69) is 5.32 Å². The number of hydrogen-bond acceptors (Lipinski definition) is 4. The monoisotopic (exact) mass is 212 g/mol. The van der Waals surface area contributed by atoms with Crippen molar-refractivity contribution in [3.8, 4) is 11.5 Å². The van der Waals surface area contributed by atoms with Crippen molar-refractivity contribution in [3.63, 3.8) is 0 Å². The number of nitrogens with zero attached hydrogens (tertiary/aromatic N) is 1. The molecule has 6 heteroatoms. The van der Waals surface area contributed by atoms with Crippen molar-refractivity contribution in [1.82, 2.24) is 4.90 Å². The van der Waals surface area contributed by atoms with Crippen molar-refractivity contribution in [3.05, 3.63) is 18.2 Å². The molecule has 15 heavy (non-hydrogen) atoms. The molecule has 82 valence electrons. The first-order valence-electron chi connectivity index (χ1n) is 4.19. The molecule has 0 aliphatic rings. The lowest BCUT2D eigenvalue weighted by molar-refractivity contribution is 0.149. The number of phenols is 2. The molecular formula is C9H12N2O4. The highest BCUT2D eigenvalue weighted by Crippen LogP contribution is 2.27. The van der Waals surface area contributed by atoms with Crippen molar-refractivity contribution >= 4 is 11.7 Å². The molecule has 0 saturated carbocycles. The number of phenolic OH excluding ortho intramolecular Hbond substituents is 2. The Bertz CT molecular complexity index is 367. The fourth-order valence-electron chi connectivity index (χ4n) is 0.884. The molecule has 0 saturated heterocycles. The van der Waals surface area contributed by atoms with Gasteiger partial charge in [0.2, 0.25) is 0 Å². The summed E-state index contributed by atoms with van der Waals surface area (Å²) in [5.74, 6) is -0.581. The highest BCUT2D eigenvalue weighted by molar-refractivity contribution is 5.89. The molecule has 0 unspecified atom stereocenters. The molecule has 2 amide bonds. The number of hydrogen-bond donors (Lipinski definition) is 4. The van der Waals surface area contributed by atoms with Crippen LogP contribution in [0, 0.1) is 0 Å². The second kappa shape index (κ2) is 4.52. The van der Waals surface area contributed by atoms with E-state index in [9.17, 15) is 4.79 Å². The third-order valence-corrected chi connectivity index (χ3v) is 1.79. The topological polar surface area (TPSA) is 93.0 Å². The largest absolute Gasteiger partial charge is 0.504 e. The van der Waals surface area contributed by atoms with Gasteiger partial charge in [-0.25, -0.2) is 4.79 Å². The highest BCUT2D eigenvalue weighted by Gasteiger charge is 2.08. The zero-order valence-electron chi connectivity index (χ0n) is 8.14. The van der Waals surface area contributed by atoms with E-state index in [1.807, 2.05) is 0 Å². The number of urea groups is 1. The van der Waals surface area contributed by atoms with Crippen molar-refractivity contribution in [2.45, 2.75) is 0 Å². The second-order valence-electron chi connectivity index (χ2n) is 2.97. The summed E-state index contributed by atoms with van der Waals surface area (Å²) in [5.41, 5.74) is 0.329. The van der Waals surface area contributed by atoms with Crippen LogP contribution in [0.4, 0.5) is 10.5 Å². The van der Waals surface area contributed by atoms with Gasteiger partial charge in [-0.2, -0.15) is 0 Å². The van der Waals surface area contributed by atoms with Gasteiger partial charge in [0.25, 0.3) is 0 Å². The Morgan fingerprint density at radius 2 is 2.07 bits per heavy atom. The highest BCUT2D eigenvalue weighted by atomic mass is 16.3. The number of carbonyl (C=O) groups excluding carboxylic acids is 1. The van der Waals surface area contributed by atoms with Crippen molar-refractivity contribution in [1.29, 1.82) is 0 Å². The van der Waals surface area contributed by atoms with Gasteiger partial charge in [0, 0.05) is 18.8 Å². The van der Waals surface area contributed by atoms with Gasteiger partial charge in [0.05, 0.1) is 0 Å². The quantitative estimate of drug-likeness (QED) is 0.326. The first kappa shape index (κ1) is 11.1. The first-order valence-corrected chi connectivity index (χ1v) is 4.19. The molecule has 0 aromatic heterocycles. The minimum absolute atomic E-state index is 0.261. The molecule has 0 fully saturated rings. The summed E-state index contributed by atoms with van der Waals surface area (Å²) in [6.07, 6.45) is 0. The number of rotatable bonds is 2. The molecule has 0 radical (unpaired) electrons. The molecule has 0 spiro atoms. The van der Waals surface area contributed by atoms with Crippen LogP contribution >= 0.6 is 0 Å². The van der Waals surface area contributed by atoms with Crippen LogP contribution in [-0.2, 0) is 0 Å². The first-order chi connectivity index (χ1) is 7.04. The predicted octanol–water partition coefficient (Wildman–Crippen LogP) is 0.511. The normalized spacial score (nSPS) is 9.73. The summed E-state index contributed by atoms with van der Waals surface area (Å²) < 4.78 is 0. The van der Waals surface area contributed by atoms with Crippen LogP contribution in [0.1, 0.15) is 0 Å². The van der Waals surface area contributed by atoms with Crippen LogP contribution < -0.4 is 5.32 Å². The third-order valence-electron chi connectivity index (χ3n) is 1.79.